The van der Waals surface area contributed by atoms with Crippen LogP contribution in [0.1, 0.15) is 31.0 Å². The van der Waals surface area contributed by atoms with Crippen LogP contribution in [0.15, 0.2) is 63.5 Å². The molecule has 1 aliphatic rings. The molecule has 1 aliphatic heterocycles. The van der Waals surface area contributed by atoms with Crippen molar-refractivity contribution in [3.8, 4) is 0 Å². The molecule has 0 N–H and O–H groups in total. The predicted octanol–water partition coefficient (Wildman–Crippen LogP) is 4.01. The van der Waals surface area contributed by atoms with Crippen molar-refractivity contribution in [2.45, 2.75) is 19.9 Å². The quantitative estimate of drug-likeness (QED) is 0.289. The van der Waals surface area contributed by atoms with Gasteiger partial charge in [0.05, 0.1) is 43.4 Å². The van der Waals surface area contributed by atoms with Crippen molar-refractivity contribution in [3.05, 3.63) is 105 Å². The second kappa shape index (κ2) is 9.54. The molecule has 174 valence electrons. The molecule has 3 aromatic rings. The van der Waals surface area contributed by atoms with Gasteiger partial charge >= 0.3 is 5.97 Å². The molecular formula is C23H17Cl2N3O5S. The SMILES string of the molecule is CCOC(=O)C1=C(C)N=c2sc(=Cc3ccc(Cl)c(Cl)c3)c(=O)n2[C@@H]1c1cccc([N+](=O)[O-])c1. The second-order valence-corrected chi connectivity index (χ2v) is 9.15. The van der Waals surface area contributed by atoms with Crippen LogP contribution in [0.5, 0.6) is 0 Å². The number of esters is 1. The summed E-state index contributed by atoms with van der Waals surface area (Å²) in [7, 11) is 0. The molecule has 34 heavy (non-hydrogen) atoms. The number of nitro benzene ring substituents is 1. The van der Waals surface area contributed by atoms with E-state index in [1.807, 2.05) is 0 Å². The van der Waals surface area contributed by atoms with Crippen molar-refractivity contribution in [2.24, 2.45) is 4.99 Å². The number of hydrogen-bond acceptors (Lipinski definition) is 7. The summed E-state index contributed by atoms with van der Waals surface area (Å²) >= 11 is 13.2. The zero-order valence-corrected chi connectivity index (χ0v) is 20.3. The summed E-state index contributed by atoms with van der Waals surface area (Å²) in [6.45, 7) is 3.44. The summed E-state index contributed by atoms with van der Waals surface area (Å²) in [5.41, 5.74) is 1.02. The fourth-order valence-electron chi connectivity index (χ4n) is 3.67. The highest BCUT2D eigenvalue weighted by molar-refractivity contribution is 7.07. The number of non-ortho nitro benzene ring substituents is 1. The number of nitro groups is 1. The maximum absolute atomic E-state index is 13.5. The molecule has 0 saturated heterocycles. The molecule has 0 saturated carbocycles. The molecule has 8 nitrogen and oxygen atoms in total. The number of fused-ring (bicyclic) bond motifs is 1. The van der Waals surface area contributed by atoms with Crippen LogP contribution < -0.4 is 14.9 Å². The fraction of sp³-hybridized carbons (Fsp3) is 0.174. The van der Waals surface area contributed by atoms with Crippen molar-refractivity contribution in [3.63, 3.8) is 0 Å². The van der Waals surface area contributed by atoms with Gasteiger partial charge in [0.2, 0.25) is 0 Å². The summed E-state index contributed by atoms with van der Waals surface area (Å²) in [5, 5.41) is 12.1. The average Bonchev–Trinajstić information content (AvgIpc) is 3.10. The Kier molecular flexibility index (Phi) is 6.70. The maximum Gasteiger partial charge on any atom is 0.338 e. The van der Waals surface area contributed by atoms with Gasteiger partial charge < -0.3 is 4.74 Å². The van der Waals surface area contributed by atoms with E-state index in [0.29, 0.717) is 36.2 Å². The molecular weight excluding hydrogens is 501 g/mol. The van der Waals surface area contributed by atoms with E-state index in [0.717, 1.165) is 11.3 Å². The number of halogens is 2. The normalized spacial score (nSPS) is 15.6. The van der Waals surface area contributed by atoms with E-state index in [1.54, 1.807) is 44.2 Å². The van der Waals surface area contributed by atoms with Crippen LogP contribution in [-0.2, 0) is 9.53 Å². The third kappa shape index (κ3) is 4.42. The van der Waals surface area contributed by atoms with Gasteiger partial charge in [0.1, 0.15) is 0 Å². The van der Waals surface area contributed by atoms with E-state index in [2.05, 4.69) is 4.99 Å². The highest BCUT2D eigenvalue weighted by Crippen LogP contribution is 2.32. The van der Waals surface area contributed by atoms with Crippen molar-refractivity contribution in [2.75, 3.05) is 6.61 Å². The van der Waals surface area contributed by atoms with Crippen LogP contribution >= 0.6 is 34.5 Å². The molecule has 0 amide bonds. The lowest BCUT2D eigenvalue weighted by molar-refractivity contribution is -0.384. The standard InChI is InChI=1S/C23H17Cl2N3O5S/c1-3-33-22(30)19-12(2)26-23-27(20(19)14-5-4-6-15(11-14)28(31)32)21(29)18(34-23)10-13-7-8-16(24)17(25)9-13/h4-11,20H,3H2,1-2H3/t20-/m1/s1. The molecule has 0 aliphatic carbocycles. The van der Waals surface area contributed by atoms with E-state index in [1.165, 1.54) is 22.8 Å². The summed E-state index contributed by atoms with van der Waals surface area (Å²) in [6, 6.07) is 9.88. The van der Waals surface area contributed by atoms with Gasteiger partial charge in [0.15, 0.2) is 4.80 Å². The monoisotopic (exact) mass is 517 g/mol. The molecule has 0 unspecified atom stereocenters. The number of carbonyl (C=O) groups is 1. The van der Waals surface area contributed by atoms with Gasteiger partial charge in [0.25, 0.3) is 11.2 Å². The van der Waals surface area contributed by atoms with Gasteiger partial charge in [0, 0.05) is 12.1 Å². The van der Waals surface area contributed by atoms with Gasteiger partial charge in [-0.15, -0.1) is 0 Å². The first-order valence-corrected chi connectivity index (χ1v) is 11.7. The number of carbonyl (C=O) groups excluding carboxylic acids is 1. The number of ether oxygens (including phenoxy) is 1. The smallest absolute Gasteiger partial charge is 0.338 e. The maximum atomic E-state index is 13.5. The van der Waals surface area contributed by atoms with Crippen LogP contribution in [0.2, 0.25) is 10.0 Å². The molecule has 0 radical (unpaired) electrons. The Labute approximate surface area is 207 Å². The van der Waals surface area contributed by atoms with Gasteiger partial charge in [-0.2, -0.15) is 0 Å². The molecule has 4 rings (SSSR count). The van der Waals surface area contributed by atoms with E-state index < -0.39 is 22.5 Å². The van der Waals surface area contributed by atoms with Crippen LogP contribution in [0.3, 0.4) is 0 Å². The Morgan fingerprint density at radius 3 is 2.71 bits per heavy atom. The Hall–Kier alpha value is -3.27. The third-order valence-electron chi connectivity index (χ3n) is 5.16. The van der Waals surface area contributed by atoms with Crippen LogP contribution in [0.25, 0.3) is 6.08 Å². The van der Waals surface area contributed by atoms with E-state index in [-0.39, 0.29) is 17.9 Å². The summed E-state index contributed by atoms with van der Waals surface area (Å²) in [4.78, 5) is 42.1. The Bertz CT molecular complexity index is 1540. The van der Waals surface area contributed by atoms with E-state index >= 15 is 0 Å². The second-order valence-electron chi connectivity index (χ2n) is 7.33. The Balaban J connectivity index is 1.97. The predicted molar refractivity (Wildman–Crippen MR) is 130 cm³/mol. The van der Waals surface area contributed by atoms with Crippen LogP contribution in [0.4, 0.5) is 5.69 Å². The van der Waals surface area contributed by atoms with E-state index in [4.69, 9.17) is 27.9 Å². The summed E-state index contributed by atoms with van der Waals surface area (Å²) in [6.07, 6.45) is 1.65. The zero-order valence-electron chi connectivity index (χ0n) is 18.0. The molecule has 2 aromatic carbocycles. The fourth-order valence-corrected chi connectivity index (χ4v) is 5.02. The largest absolute Gasteiger partial charge is 0.463 e. The minimum Gasteiger partial charge on any atom is -0.463 e. The Morgan fingerprint density at radius 1 is 1.26 bits per heavy atom. The van der Waals surface area contributed by atoms with Crippen molar-refractivity contribution < 1.29 is 14.5 Å². The van der Waals surface area contributed by atoms with Crippen molar-refractivity contribution in [1.82, 2.24) is 4.57 Å². The number of allylic oxidation sites excluding steroid dienone is 1. The number of benzene rings is 2. The van der Waals surface area contributed by atoms with Crippen molar-refractivity contribution >= 4 is 52.3 Å². The molecule has 1 atom stereocenters. The zero-order chi connectivity index (χ0) is 24.6. The number of thiazole rings is 1. The van der Waals surface area contributed by atoms with Gasteiger partial charge in [-0.25, -0.2) is 9.79 Å². The first-order valence-electron chi connectivity index (χ1n) is 10.1. The van der Waals surface area contributed by atoms with Crippen molar-refractivity contribution in [1.29, 1.82) is 0 Å². The lowest BCUT2D eigenvalue weighted by Gasteiger charge is -2.24. The molecule has 0 fully saturated rings. The van der Waals surface area contributed by atoms with E-state index in [9.17, 15) is 19.7 Å². The molecule has 11 heteroatoms. The molecule has 0 bridgehead atoms. The lowest BCUT2D eigenvalue weighted by atomic mass is 9.95. The number of rotatable bonds is 5. The summed E-state index contributed by atoms with van der Waals surface area (Å²) < 4.78 is 6.95. The van der Waals surface area contributed by atoms with Gasteiger partial charge in [-0.1, -0.05) is 52.7 Å². The van der Waals surface area contributed by atoms with Gasteiger partial charge in [-0.3, -0.25) is 19.5 Å². The van der Waals surface area contributed by atoms with Gasteiger partial charge in [-0.05, 0) is 43.2 Å². The minimum atomic E-state index is -0.939. The highest BCUT2D eigenvalue weighted by Gasteiger charge is 2.34. The van der Waals surface area contributed by atoms with Crippen LogP contribution in [0, 0.1) is 10.1 Å². The first-order chi connectivity index (χ1) is 16.2. The third-order valence-corrected chi connectivity index (χ3v) is 6.88. The number of nitrogens with zero attached hydrogens (tertiary/aromatic N) is 3. The highest BCUT2D eigenvalue weighted by atomic mass is 35.5. The van der Waals surface area contributed by atoms with Crippen LogP contribution in [-0.4, -0.2) is 22.1 Å². The Morgan fingerprint density at radius 2 is 2.03 bits per heavy atom. The topological polar surface area (TPSA) is 104 Å². The lowest BCUT2D eigenvalue weighted by Crippen LogP contribution is -2.40. The average molecular weight is 518 g/mol. The first kappa shape index (κ1) is 23.9. The number of hydrogen-bond donors (Lipinski definition) is 0. The molecule has 2 heterocycles. The number of aromatic nitrogens is 1. The molecule has 0 spiro atoms. The minimum absolute atomic E-state index is 0.124. The summed E-state index contributed by atoms with van der Waals surface area (Å²) in [5.74, 6) is -0.640. The molecule has 1 aromatic heterocycles.